The summed E-state index contributed by atoms with van der Waals surface area (Å²) in [6, 6.07) is 6.85. The fourth-order valence-electron chi connectivity index (χ4n) is 2.68. The van der Waals surface area contributed by atoms with Gasteiger partial charge in [-0.1, -0.05) is 31.5 Å². The molecule has 150 valence electrons. The highest BCUT2D eigenvalue weighted by molar-refractivity contribution is 7.89. The number of hydrogen-bond donors (Lipinski definition) is 1. The lowest BCUT2D eigenvalue weighted by molar-refractivity contribution is -0.137. The number of sulfonamides is 1. The second kappa shape index (κ2) is 7.34. The summed E-state index contributed by atoms with van der Waals surface area (Å²) in [5, 5.41) is 7.47. The number of rotatable bonds is 5. The van der Waals surface area contributed by atoms with Crippen molar-refractivity contribution in [1.29, 1.82) is 0 Å². The van der Waals surface area contributed by atoms with Crippen LogP contribution >= 0.6 is 11.6 Å². The van der Waals surface area contributed by atoms with Gasteiger partial charge in [-0.3, -0.25) is 4.40 Å². The maximum absolute atomic E-state index is 13.1. The molecule has 0 saturated heterocycles. The van der Waals surface area contributed by atoms with Crippen molar-refractivity contribution in [3.8, 4) is 0 Å². The Kier molecular flexibility index (Phi) is 5.39. The number of halogens is 4. The SMILES string of the molecule is CC(C)[C@H](NS(=O)(=O)c1ccc(Cl)c(C(F)(F)F)c1)c1nnc2ccccn12. The summed E-state index contributed by atoms with van der Waals surface area (Å²) in [6.07, 6.45) is -3.10. The Labute approximate surface area is 164 Å². The van der Waals surface area contributed by atoms with E-state index in [0.29, 0.717) is 17.5 Å². The Morgan fingerprint density at radius 2 is 1.86 bits per heavy atom. The molecule has 0 spiro atoms. The molecular weight excluding hydrogens is 417 g/mol. The van der Waals surface area contributed by atoms with E-state index in [0.717, 1.165) is 12.1 Å². The molecule has 6 nitrogen and oxygen atoms in total. The maximum atomic E-state index is 13.1. The van der Waals surface area contributed by atoms with Gasteiger partial charge in [0, 0.05) is 6.20 Å². The molecule has 3 aromatic rings. The van der Waals surface area contributed by atoms with Crippen LogP contribution in [0.15, 0.2) is 47.5 Å². The summed E-state index contributed by atoms with van der Waals surface area (Å²) in [7, 11) is -4.29. The molecular formula is C17H16ClF3N4O2S. The van der Waals surface area contributed by atoms with Crippen LogP contribution in [0.5, 0.6) is 0 Å². The van der Waals surface area contributed by atoms with Crippen LogP contribution in [0.2, 0.25) is 5.02 Å². The third kappa shape index (κ3) is 3.98. The molecule has 2 aromatic heterocycles. The Hall–Kier alpha value is -2.17. The number of fused-ring (bicyclic) bond motifs is 1. The van der Waals surface area contributed by atoms with Crippen LogP contribution in [0.4, 0.5) is 13.2 Å². The lowest BCUT2D eigenvalue weighted by atomic mass is 10.1. The van der Waals surface area contributed by atoms with Gasteiger partial charge in [0.2, 0.25) is 10.0 Å². The van der Waals surface area contributed by atoms with Gasteiger partial charge in [0.05, 0.1) is 21.5 Å². The minimum atomic E-state index is -4.77. The van der Waals surface area contributed by atoms with Gasteiger partial charge in [-0.05, 0) is 36.2 Å². The summed E-state index contributed by atoms with van der Waals surface area (Å²) < 4.78 is 68.9. The molecule has 0 bridgehead atoms. The van der Waals surface area contributed by atoms with Gasteiger partial charge in [-0.25, -0.2) is 13.1 Å². The number of benzene rings is 1. The molecule has 0 saturated carbocycles. The molecule has 1 aromatic carbocycles. The summed E-state index contributed by atoms with van der Waals surface area (Å²) in [6.45, 7) is 3.53. The van der Waals surface area contributed by atoms with E-state index in [1.165, 1.54) is 0 Å². The van der Waals surface area contributed by atoms with Gasteiger partial charge >= 0.3 is 6.18 Å². The summed E-state index contributed by atoms with van der Waals surface area (Å²) in [5.41, 5.74) is -0.695. The van der Waals surface area contributed by atoms with Gasteiger partial charge < -0.3 is 0 Å². The molecule has 28 heavy (non-hydrogen) atoms. The molecule has 0 aliphatic carbocycles. The first kappa shape index (κ1) is 20.6. The highest BCUT2D eigenvalue weighted by Gasteiger charge is 2.35. The lowest BCUT2D eigenvalue weighted by Crippen LogP contribution is -2.33. The van der Waals surface area contributed by atoms with Gasteiger partial charge in [-0.2, -0.15) is 13.2 Å². The molecule has 11 heteroatoms. The van der Waals surface area contributed by atoms with Crippen molar-refractivity contribution in [2.24, 2.45) is 5.92 Å². The van der Waals surface area contributed by atoms with Crippen LogP contribution < -0.4 is 4.72 Å². The first-order valence-electron chi connectivity index (χ1n) is 8.19. The van der Waals surface area contributed by atoms with Crippen molar-refractivity contribution in [1.82, 2.24) is 19.3 Å². The largest absolute Gasteiger partial charge is 0.417 e. The summed E-state index contributed by atoms with van der Waals surface area (Å²) in [4.78, 5) is -0.538. The third-order valence-corrected chi connectivity index (χ3v) is 5.89. The molecule has 0 amide bonds. The van der Waals surface area contributed by atoms with Crippen molar-refractivity contribution in [2.75, 3.05) is 0 Å². The van der Waals surface area contributed by atoms with Crippen molar-refractivity contribution >= 4 is 27.3 Å². The standard InChI is InChI=1S/C17H16ClF3N4O2S/c1-10(2)15(16-23-22-14-5-3-4-8-25(14)16)24-28(26,27)11-6-7-13(18)12(9-11)17(19,20)21/h3-10,15,24H,1-2H3/t15-/m0/s1. The zero-order chi connectivity index (χ0) is 20.7. The van der Waals surface area contributed by atoms with Crippen LogP contribution in [-0.4, -0.2) is 23.0 Å². The van der Waals surface area contributed by atoms with Crippen molar-refractivity contribution in [3.63, 3.8) is 0 Å². The first-order valence-corrected chi connectivity index (χ1v) is 10.1. The Bertz CT molecular complexity index is 1110. The Morgan fingerprint density at radius 3 is 2.50 bits per heavy atom. The molecule has 3 rings (SSSR count). The van der Waals surface area contributed by atoms with E-state index in [4.69, 9.17) is 11.6 Å². The summed E-state index contributed by atoms with van der Waals surface area (Å²) in [5.74, 6) is 0.0796. The van der Waals surface area contributed by atoms with Crippen LogP contribution in [0, 0.1) is 5.92 Å². The molecule has 0 aliphatic rings. The number of nitrogens with zero attached hydrogens (tertiary/aromatic N) is 3. The van der Waals surface area contributed by atoms with E-state index in [-0.39, 0.29) is 5.92 Å². The van der Waals surface area contributed by atoms with Gasteiger partial charge in [-0.15, -0.1) is 10.2 Å². The quantitative estimate of drug-likeness (QED) is 0.659. The fourth-order valence-corrected chi connectivity index (χ4v) is 4.28. The van der Waals surface area contributed by atoms with E-state index in [1.807, 2.05) is 0 Å². The van der Waals surface area contributed by atoms with Crippen LogP contribution in [0.25, 0.3) is 5.65 Å². The van der Waals surface area contributed by atoms with E-state index in [9.17, 15) is 21.6 Å². The predicted molar refractivity (Wildman–Crippen MR) is 97.3 cm³/mol. The monoisotopic (exact) mass is 432 g/mol. The van der Waals surface area contributed by atoms with Crippen molar-refractivity contribution in [2.45, 2.75) is 31.0 Å². The van der Waals surface area contributed by atoms with E-state index in [2.05, 4.69) is 14.9 Å². The average Bonchev–Trinajstić information content (AvgIpc) is 3.02. The second-order valence-corrected chi connectivity index (χ2v) is 8.59. The minimum Gasteiger partial charge on any atom is -0.285 e. The molecule has 1 N–H and O–H groups in total. The number of nitrogens with one attached hydrogen (secondary N) is 1. The topological polar surface area (TPSA) is 76.4 Å². The zero-order valence-electron chi connectivity index (χ0n) is 14.8. The first-order chi connectivity index (χ1) is 13.0. The van der Waals surface area contributed by atoms with Gasteiger partial charge in [0.25, 0.3) is 0 Å². The lowest BCUT2D eigenvalue weighted by Gasteiger charge is -2.21. The van der Waals surface area contributed by atoms with Gasteiger partial charge in [0.15, 0.2) is 11.5 Å². The van der Waals surface area contributed by atoms with E-state index < -0.39 is 37.7 Å². The number of hydrogen-bond acceptors (Lipinski definition) is 4. The average molecular weight is 433 g/mol. The van der Waals surface area contributed by atoms with Crippen LogP contribution in [0.3, 0.4) is 0 Å². The molecule has 0 radical (unpaired) electrons. The second-order valence-electron chi connectivity index (χ2n) is 6.47. The maximum Gasteiger partial charge on any atom is 0.417 e. The van der Waals surface area contributed by atoms with E-state index >= 15 is 0 Å². The number of alkyl halides is 3. The van der Waals surface area contributed by atoms with Crippen molar-refractivity contribution in [3.05, 3.63) is 59.0 Å². The smallest absolute Gasteiger partial charge is 0.285 e. The highest BCUT2D eigenvalue weighted by atomic mass is 35.5. The van der Waals surface area contributed by atoms with Crippen molar-refractivity contribution < 1.29 is 21.6 Å². The van der Waals surface area contributed by atoms with E-state index in [1.54, 1.807) is 42.6 Å². The Morgan fingerprint density at radius 1 is 1.14 bits per heavy atom. The van der Waals surface area contributed by atoms with Gasteiger partial charge in [0.1, 0.15) is 0 Å². The zero-order valence-corrected chi connectivity index (χ0v) is 16.3. The molecule has 0 unspecified atom stereocenters. The third-order valence-electron chi connectivity index (χ3n) is 4.12. The minimum absolute atomic E-state index is 0.253. The summed E-state index contributed by atoms with van der Waals surface area (Å²) >= 11 is 5.58. The molecule has 2 heterocycles. The predicted octanol–water partition coefficient (Wildman–Crippen LogP) is 4.08. The molecule has 0 fully saturated rings. The Balaban J connectivity index is 2.02. The number of pyridine rings is 1. The molecule has 1 atom stereocenters. The van der Waals surface area contributed by atoms with Crippen LogP contribution in [-0.2, 0) is 16.2 Å². The highest BCUT2D eigenvalue weighted by Crippen LogP contribution is 2.36. The fraction of sp³-hybridized carbons (Fsp3) is 0.294. The normalized spacial score (nSPS) is 14.0. The molecule has 0 aliphatic heterocycles. The van der Waals surface area contributed by atoms with Crippen LogP contribution in [0.1, 0.15) is 31.3 Å². The number of aromatic nitrogens is 3.